The van der Waals surface area contributed by atoms with Crippen LogP contribution in [-0.2, 0) is 4.57 Å². The van der Waals surface area contributed by atoms with Crippen LogP contribution in [0.4, 0.5) is 17.6 Å². The Morgan fingerprint density at radius 3 is 2.31 bits per heavy atom. The van der Waals surface area contributed by atoms with Gasteiger partial charge in [-0.2, -0.15) is 9.97 Å². The van der Waals surface area contributed by atoms with Crippen molar-refractivity contribution in [3.8, 4) is 0 Å². The maximum atomic E-state index is 11.2. The normalized spacial score (nSPS) is 23.7. The minimum absolute atomic E-state index is 0.0992. The summed E-state index contributed by atoms with van der Waals surface area (Å²) in [6.07, 6.45) is 13.0. The molecule has 0 bridgehead atoms. The number of rotatable bonds is 14. The Morgan fingerprint density at radius 2 is 1.62 bits per heavy atom. The molecule has 1 aliphatic heterocycles. The molecule has 12 heteroatoms. The summed E-state index contributed by atoms with van der Waals surface area (Å²) in [6.45, 7) is 7.62. The van der Waals surface area contributed by atoms with Crippen molar-refractivity contribution in [3.63, 3.8) is 0 Å². The molecule has 11 nitrogen and oxygen atoms in total. The fourth-order valence-corrected chi connectivity index (χ4v) is 6.72. The van der Waals surface area contributed by atoms with Gasteiger partial charge in [-0.15, -0.1) is 0 Å². The van der Waals surface area contributed by atoms with E-state index in [1.54, 1.807) is 6.07 Å². The molecule has 0 radical (unpaired) electrons. The first kappa shape index (κ1) is 30.5. The molecule has 222 valence electrons. The monoisotopic (exact) mass is 566 g/mol. The predicted molar refractivity (Wildman–Crippen MR) is 158 cm³/mol. The Hall–Kier alpha value is -1.49. The van der Waals surface area contributed by atoms with Crippen molar-refractivity contribution in [3.05, 3.63) is 6.07 Å². The lowest BCUT2D eigenvalue weighted by atomic mass is 9.82. The average Bonchev–Trinajstić information content (AvgIpc) is 2.93. The van der Waals surface area contributed by atoms with Gasteiger partial charge in [0.2, 0.25) is 5.95 Å². The molecule has 2 heterocycles. The lowest BCUT2D eigenvalue weighted by Crippen LogP contribution is -2.47. The fourth-order valence-electron chi connectivity index (χ4n) is 6.17. The van der Waals surface area contributed by atoms with Crippen LogP contribution in [0.5, 0.6) is 0 Å². The van der Waals surface area contributed by atoms with Gasteiger partial charge >= 0.3 is 7.60 Å². The Kier molecular flexibility index (Phi) is 12.1. The highest BCUT2D eigenvalue weighted by Gasteiger charge is 2.23. The van der Waals surface area contributed by atoms with Crippen molar-refractivity contribution in [2.75, 3.05) is 81.0 Å². The van der Waals surface area contributed by atoms with Gasteiger partial charge in [0, 0.05) is 51.4 Å². The highest BCUT2D eigenvalue weighted by molar-refractivity contribution is 7.51. The van der Waals surface area contributed by atoms with E-state index in [-0.39, 0.29) is 6.16 Å². The van der Waals surface area contributed by atoms with Crippen molar-refractivity contribution in [1.82, 2.24) is 25.5 Å². The van der Waals surface area contributed by atoms with Crippen LogP contribution >= 0.6 is 7.60 Å². The van der Waals surface area contributed by atoms with Crippen molar-refractivity contribution in [1.29, 1.82) is 0 Å². The van der Waals surface area contributed by atoms with E-state index in [2.05, 4.69) is 30.7 Å². The molecule has 3 aliphatic rings. The maximum Gasteiger partial charge on any atom is 0.326 e. The van der Waals surface area contributed by atoms with Gasteiger partial charge in [0.05, 0.1) is 6.16 Å². The standard InChI is InChI=1S/C27H51N8O3P/c28-25-19-26(35-15-13-34(14-16-35)17-18-39(36,37)38)33-27(32-25)31-21-23-9-7-22(8-10-23)20-29-11-4-12-30-24-5-2-1-3-6-24/h19,22-24,29-30H,1-18,20-21H2,(H2,36,37,38)(H3,28,31,32,33)/t22-,23-. The van der Waals surface area contributed by atoms with Gasteiger partial charge in [0.1, 0.15) is 11.6 Å². The Labute approximate surface area is 234 Å². The smallest absolute Gasteiger partial charge is 0.326 e. The summed E-state index contributed by atoms with van der Waals surface area (Å²) in [4.78, 5) is 31.6. The topological polar surface area (TPSA) is 152 Å². The van der Waals surface area contributed by atoms with Crippen LogP contribution in [0.25, 0.3) is 0 Å². The molecule has 0 spiro atoms. The molecule has 4 rings (SSSR count). The van der Waals surface area contributed by atoms with Crippen molar-refractivity contribution in [2.45, 2.75) is 70.3 Å². The maximum absolute atomic E-state index is 11.2. The number of piperazine rings is 1. The van der Waals surface area contributed by atoms with E-state index < -0.39 is 7.60 Å². The summed E-state index contributed by atoms with van der Waals surface area (Å²) in [5.74, 6) is 3.26. The number of nitrogens with zero attached hydrogens (tertiary/aromatic N) is 4. The van der Waals surface area contributed by atoms with E-state index in [4.69, 9.17) is 20.5 Å². The second-order valence-electron chi connectivity index (χ2n) is 11.8. The predicted octanol–water partition coefficient (Wildman–Crippen LogP) is 2.48. The number of nitrogens with two attached hydrogens (primary N) is 1. The van der Waals surface area contributed by atoms with Gasteiger partial charge in [-0.1, -0.05) is 19.3 Å². The molecule has 0 aromatic carbocycles. The Bertz CT molecular complexity index is 897. The summed E-state index contributed by atoms with van der Waals surface area (Å²) < 4.78 is 11.2. The molecule has 0 unspecified atom stereocenters. The molecule has 1 aromatic heterocycles. The number of aromatic nitrogens is 2. The second kappa shape index (κ2) is 15.5. The van der Waals surface area contributed by atoms with E-state index in [1.807, 2.05) is 0 Å². The summed E-state index contributed by atoms with van der Waals surface area (Å²) in [5, 5.41) is 10.9. The minimum Gasteiger partial charge on any atom is -0.383 e. The molecule has 3 fully saturated rings. The Balaban J connectivity index is 1.09. The van der Waals surface area contributed by atoms with Crippen LogP contribution in [0.1, 0.15) is 64.2 Å². The lowest BCUT2D eigenvalue weighted by molar-refractivity contribution is 0.263. The third kappa shape index (κ3) is 11.1. The highest BCUT2D eigenvalue weighted by Crippen LogP contribution is 2.34. The van der Waals surface area contributed by atoms with Crippen molar-refractivity contribution < 1.29 is 14.4 Å². The second-order valence-corrected chi connectivity index (χ2v) is 13.6. The van der Waals surface area contributed by atoms with Gasteiger partial charge < -0.3 is 36.4 Å². The molecule has 2 saturated carbocycles. The number of nitrogen functional groups attached to an aromatic ring is 1. The van der Waals surface area contributed by atoms with Gasteiger partial charge in [-0.25, -0.2) is 0 Å². The van der Waals surface area contributed by atoms with Crippen LogP contribution in [0, 0.1) is 11.8 Å². The first-order chi connectivity index (χ1) is 18.8. The molecular weight excluding hydrogens is 515 g/mol. The van der Waals surface area contributed by atoms with Crippen LogP contribution in [0.15, 0.2) is 6.07 Å². The number of hydrogen-bond acceptors (Lipinski definition) is 9. The molecule has 7 N–H and O–H groups in total. The largest absolute Gasteiger partial charge is 0.383 e. The fraction of sp³-hybridized carbons (Fsp3) is 0.852. The van der Waals surface area contributed by atoms with E-state index in [0.29, 0.717) is 24.2 Å². The van der Waals surface area contributed by atoms with Crippen molar-refractivity contribution >= 4 is 25.2 Å². The van der Waals surface area contributed by atoms with E-state index >= 15 is 0 Å². The van der Waals surface area contributed by atoms with Crippen LogP contribution in [0.3, 0.4) is 0 Å². The zero-order valence-electron chi connectivity index (χ0n) is 23.6. The molecular formula is C27H51N8O3P. The van der Waals surface area contributed by atoms with Gasteiger partial charge in [0.25, 0.3) is 0 Å². The average molecular weight is 567 g/mol. The molecule has 1 aromatic rings. The zero-order chi connectivity index (χ0) is 27.5. The van der Waals surface area contributed by atoms with Gasteiger partial charge in [-0.05, 0) is 76.4 Å². The number of nitrogens with one attached hydrogen (secondary N) is 3. The zero-order valence-corrected chi connectivity index (χ0v) is 24.5. The van der Waals surface area contributed by atoms with E-state index in [0.717, 1.165) is 70.1 Å². The quantitative estimate of drug-likeness (QED) is 0.146. The lowest BCUT2D eigenvalue weighted by Gasteiger charge is -2.35. The highest BCUT2D eigenvalue weighted by atomic mass is 31.2. The number of hydrogen-bond donors (Lipinski definition) is 6. The third-order valence-electron chi connectivity index (χ3n) is 8.65. The molecule has 39 heavy (non-hydrogen) atoms. The minimum atomic E-state index is -3.96. The molecule has 1 saturated heterocycles. The molecule has 0 amide bonds. The first-order valence-electron chi connectivity index (χ1n) is 15.2. The number of anilines is 3. The molecule has 2 aliphatic carbocycles. The summed E-state index contributed by atoms with van der Waals surface area (Å²) >= 11 is 0. The summed E-state index contributed by atoms with van der Waals surface area (Å²) in [7, 11) is -3.96. The first-order valence-corrected chi connectivity index (χ1v) is 17.0. The SMILES string of the molecule is Nc1cc(N2CCN(CCP(=O)(O)O)CC2)nc(NC[C@H]2CC[C@H](CNCCCNC3CCCCC3)CC2)n1. The van der Waals surface area contributed by atoms with Crippen LogP contribution in [-0.4, -0.2) is 95.8 Å². The third-order valence-corrected chi connectivity index (χ3v) is 9.44. The van der Waals surface area contributed by atoms with Crippen molar-refractivity contribution in [2.24, 2.45) is 11.8 Å². The van der Waals surface area contributed by atoms with E-state index in [9.17, 15) is 4.57 Å². The van der Waals surface area contributed by atoms with Gasteiger partial charge in [-0.3, -0.25) is 9.46 Å². The van der Waals surface area contributed by atoms with E-state index in [1.165, 1.54) is 64.2 Å². The van der Waals surface area contributed by atoms with Crippen LogP contribution in [0.2, 0.25) is 0 Å². The summed E-state index contributed by atoms with van der Waals surface area (Å²) in [6, 6.07) is 2.57. The molecule has 0 atom stereocenters. The Morgan fingerprint density at radius 1 is 0.923 bits per heavy atom. The van der Waals surface area contributed by atoms with Gasteiger partial charge in [0.15, 0.2) is 0 Å². The van der Waals surface area contributed by atoms with Crippen LogP contribution < -0.4 is 26.6 Å². The summed E-state index contributed by atoms with van der Waals surface area (Å²) in [5.41, 5.74) is 6.10.